The molecule has 0 radical (unpaired) electrons. The van der Waals surface area contributed by atoms with Gasteiger partial charge in [0.05, 0.1) is 5.69 Å². The van der Waals surface area contributed by atoms with E-state index in [4.69, 9.17) is 20.6 Å². The van der Waals surface area contributed by atoms with Crippen LogP contribution in [-0.4, -0.2) is 27.2 Å². The number of carbonyl (C=O) groups is 2. The fraction of sp³-hybridized carbons (Fsp3) is 0.500. The number of aryl methyl sites for hydroxylation is 1. The average molecular weight is 513 g/mol. The van der Waals surface area contributed by atoms with Crippen molar-refractivity contribution < 1.29 is 23.7 Å². The molecule has 1 aliphatic carbocycles. The monoisotopic (exact) mass is 512 g/mol. The molecule has 2 heterocycles. The third-order valence-electron chi connectivity index (χ3n) is 6.73. The van der Waals surface area contributed by atoms with E-state index in [1.54, 1.807) is 0 Å². The van der Waals surface area contributed by atoms with Gasteiger partial charge in [0.25, 0.3) is 0 Å². The van der Waals surface area contributed by atoms with Gasteiger partial charge in [0.15, 0.2) is 11.5 Å². The maximum atomic E-state index is 13.1. The number of hydrogen-bond donors (Lipinski definition) is 1. The molecule has 8 heteroatoms. The molecule has 36 heavy (non-hydrogen) atoms. The van der Waals surface area contributed by atoms with Gasteiger partial charge in [0, 0.05) is 47.8 Å². The van der Waals surface area contributed by atoms with Crippen molar-refractivity contribution in [3.8, 4) is 11.5 Å². The highest BCUT2D eigenvalue weighted by atomic mass is 35.5. The fourth-order valence-corrected chi connectivity index (χ4v) is 4.97. The van der Waals surface area contributed by atoms with Crippen LogP contribution in [0.1, 0.15) is 91.5 Å². The van der Waals surface area contributed by atoms with Gasteiger partial charge < -0.3 is 14.2 Å². The van der Waals surface area contributed by atoms with E-state index in [9.17, 15) is 14.7 Å². The number of rotatable bonds is 12. The predicted molar refractivity (Wildman–Crippen MR) is 136 cm³/mol. The zero-order valence-corrected chi connectivity index (χ0v) is 22.0. The number of halogens is 1. The number of carboxylic acids is 1. The molecule has 0 unspecified atom stereocenters. The molecule has 0 spiro atoms. The summed E-state index contributed by atoms with van der Waals surface area (Å²) in [5.41, 5.74) is 4.98. The number of carbonyl (C=O) groups excluding carboxylic acids is 1. The van der Waals surface area contributed by atoms with Gasteiger partial charge in [-0.15, -0.1) is 0 Å². The zero-order chi connectivity index (χ0) is 26.0. The molecule has 0 aliphatic heterocycles. The maximum absolute atomic E-state index is 13.1. The normalized spacial score (nSPS) is 14.4. The van der Waals surface area contributed by atoms with E-state index in [1.807, 2.05) is 32.0 Å². The minimum atomic E-state index is -0.906. The lowest BCUT2D eigenvalue weighted by Crippen LogP contribution is -2.13. The molecular weight excluding hydrogens is 480 g/mol. The maximum Gasteiger partial charge on any atom is 0.303 e. The van der Waals surface area contributed by atoms with Gasteiger partial charge in [-0.05, 0) is 62.1 Å². The summed E-state index contributed by atoms with van der Waals surface area (Å²) in [5, 5.41) is 18.6. The Balaban J connectivity index is 1.64. The summed E-state index contributed by atoms with van der Waals surface area (Å²) in [7, 11) is 0. The van der Waals surface area contributed by atoms with Crippen LogP contribution in [0.4, 0.5) is 0 Å². The van der Waals surface area contributed by atoms with Crippen LogP contribution >= 0.6 is 11.6 Å². The molecule has 1 aromatic carbocycles. The summed E-state index contributed by atoms with van der Waals surface area (Å²) >= 11 is 6.35. The second kappa shape index (κ2) is 11.0. The van der Waals surface area contributed by atoms with Crippen LogP contribution in [0.3, 0.4) is 0 Å². The van der Waals surface area contributed by atoms with Gasteiger partial charge in [-0.3, -0.25) is 9.59 Å². The van der Waals surface area contributed by atoms with Crippen molar-refractivity contribution in [1.82, 2.24) is 10.3 Å². The third kappa shape index (κ3) is 6.06. The Kier molecular flexibility index (Phi) is 7.98. The van der Waals surface area contributed by atoms with Gasteiger partial charge in [0.1, 0.15) is 11.5 Å². The Labute approximate surface area is 216 Å². The lowest BCUT2D eigenvalue weighted by Gasteiger charge is -2.15. The molecule has 1 aliphatic rings. The first-order valence-electron chi connectivity index (χ1n) is 12.6. The predicted octanol–water partition coefficient (Wildman–Crippen LogP) is 6.83. The number of benzene rings is 1. The first-order chi connectivity index (χ1) is 17.1. The Bertz CT molecular complexity index is 1250. The quantitative estimate of drug-likeness (QED) is 0.283. The minimum Gasteiger partial charge on any atom is -0.481 e. The van der Waals surface area contributed by atoms with Crippen LogP contribution in [0.15, 0.2) is 27.2 Å². The van der Waals surface area contributed by atoms with Gasteiger partial charge in [-0.1, -0.05) is 47.9 Å². The highest BCUT2D eigenvalue weighted by molar-refractivity contribution is 6.31. The molecule has 0 amide bonds. The summed E-state index contributed by atoms with van der Waals surface area (Å²) in [6.07, 6.45) is 3.36. The van der Waals surface area contributed by atoms with E-state index in [-0.39, 0.29) is 36.9 Å². The van der Waals surface area contributed by atoms with E-state index in [2.05, 4.69) is 24.2 Å². The highest BCUT2D eigenvalue weighted by Crippen LogP contribution is 2.49. The van der Waals surface area contributed by atoms with E-state index in [0.29, 0.717) is 34.5 Å². The molecule has 0 bridgehead atoms. The van der Waals surface area contributed by atoms with Gasteiger partial charge in [-0.2, -0.15) is 0 Å². The number of carboxylic acid groups (broad SMARTS) is 1. The number of nitrogens with zero attached hydrogens (tertiary/aromatic N) is 2. The van der Waals surface area contributed by atoms with Crippen molar-refractivity contribution in [1.29, 1.82) is 0 Å². The van der Waals surface area contributed by atoms with Gasteiger partial charge >= 0.3 is 5.97 Å². The molecule has 1 N–H and O–H groups in total. The van der Waals surface area contributed by atoms with Crippen molar-refractivity contribution in [3.05, 3.63) is 56.9 Å². The Morgan fingerprint density at radius 3 is 2.56 bits per heavy atom. The van der Waals surface area contributed by atoms with E-state index >= 15 is 0 Å². The fourth-order valence-electron chi connectivity index (χ4n) is 4.67. The van der Waals surface area contributed by atoms with Crippen LogP contribution in [0.2, 0.25) is 5.02 Å². The molecule has 7 nitrogen and oxygen atoms in total. The molecular formula is C28H33ClN2O5. The molecule has 0 saturated heterocycles. The number of hydrogen-bond acceptors (Lipinski definition) is 6. The number of aliphatic carboxylic acids is 1. The van der Waals surface area contributed by atoms with Crippen LogP contribution in [0.5, 0.6) is 0 Å². The number of ketones is 1. The molecule has 1 saturated carbocycles. The lowest BCUT2D eigenvalue weighted by atomic mass is 9.87. The molecule has 4 rings (SSSR count). The summed E-state index contributed by atoms with van der Waals surface area (Å²) < 4.78 is 11.5. The summed E-state index contributed by atoms with van der Waals surface area (Å²) in [4.78, 5) is 24.5. The van der Waals surface area contributed by atoms with Gasteiger partial charge in [-0.25, -0.2) is 0 Å². The molecule has 1 atom stereocenters. The molecule has 3 aromatic rings. The number of aromatic nitrogens is 2. The second-order valence-electron chi connectivity index (χ2n) is 10.4. The third-order valence-corrected chi connectivity index (χ3v) is 7.09. The smallest absolute Gasteiger partial charge is 0.303 e. The summed E-state index contributed by atoms with van der Waals surface area (Å²) in [6, 6.07) is 5.64. The lowest BCUT2D eigenvalue weighted by molar-refractivity contribution is -0.137. The van der Waals surface area contributed by atoms with Crippen molar-refractivity contribution >= 4 is 23.4 Å². The van der Waals surface area contributed by atoms with Crippen molar-refractivity contribution in [2.75, 3.05) is 0 Å². The highest BCUT2D eigenvalue weighted by Gasteiger charge is 2.37. The van der Waals surface area contributed by atoms with Crippen molar-refractivity contribution in [3.63, 3.8) is 0 Å². The number of Topliss-reactive ketones (excluding diaryl/α,β-unsaturated/α-hetero) is 1. The Morgan fingerprint density at radius 2 is 1.92 bits per heavy atom. The molecule has 2 aromatic heterocycles. The SMILES string of the molecule is Cc1ccc(CC(=O)C[C@H](CCC(=O)O)c2noc(-c3noc(CC(C)C)c3C)c2C2CC2)c(Cl)c1. The van der Waals surface area contributed by atoms with Crippen LogP contribution < -0.4 is 0 Å². The zero-order valence-electron chi connectivity index (χ0n) is 21.3. The Morgan fingerprint density at radius 1 is 1.17 bits per heavy atom. The Hall–Kier alpha value is -2.93. The average Bonchev–Trinajstić information content (AvgIpc) is 3.46. The van der Waals surface area contributed by atoms with Gasteiger partial charge in [0.2, 0.25) is 0 Å². The molecule has 1 fully saturated rings. The van der Waals surface area contributed by atoms with E-state index in [0.717, 1.165) is 47.3 Å². The van der Waals surface area contributed by atoms with Crippen molar-refractivity contribution in [2.24, 2.45) is 5.92 Å². The van der Waals surface area contributed by atoms with Crippen LogP contribution in [0, 0.1) is 19.8 Å². The first-order valence-corrected chi connectivity index (χ1v) is 12.9. The van der Waals surface area contributed by atoms with Crippen LogP contribution in [-0.2, 0) is 22.4 Å². The second-order valence-corrected chi connectivity index (χ2v) is 10.8. The van der Waals surface area contributed by atoms with Crippen molar-refractivity contribution in [2.45, 2.75) is 84.5 Å². The standard InChI is InChI=1S/C28H33ClN2O5/c1-15(2)11-23-17(4)26(30-35-23)28-25(18-7-8-18)27(31-36-28)20(9-10-24(33)34)14-21(32)13-19-6-5-16(3)12-22(19)29/h5-6,12,15,18,20H,7-11,13-14H2,1-4H3,(H,33,34)/t20-/m0/s1. The molecule has 192 valence electrons. The first kappa shape index (κ1) is 26.1. The minimum absolute atomic E-state index is 0.0146. The van der Waals surface area contributed by atoms with Crippen LogP contribution in [0.25, 0.3) is 11.5 Å². The summed E-state index contributed by atoms with van der Waals surface area (Å²) in [5.74, 6) is 0.806. The largest absolute Gasteiger partial charge is 0.481 e. The summed E-state index contributed by atoms with van der Waals surface area (Å²) in [6.45, 7) is 8.16. The van der Waals surface area contributed by atoms with E-state index in [1.165, 1.54) is 0 Å². The van der Waals surface area contributed by atoms with E-state index < -0.39 is 5.97 Å². The topological polar surface area (TPSA) is 106 Å².